The Balaban J connectivity index is 3.02. The quantitative estimate of drug-likeness (QED) is 0.661. The normalized spacial score (nSPS) is 10.1. The van der Waals surface area contributed by atoms with Crippen LogP contribution in [0.25, 0.3) is 0 Å². The van der Waals surface area contributed by atoms with Crippen LogP contribution in [0.5, 0.6) is 0 Å². The number of carbonyl (C=O) groups excluding carboxylic acids is 1. The Morgan fingerprint density at radius 2 is 2.18 bits per heavy atom. The van der Waals surface area contributed by atoms with E-state index >= 15 is 0 Å². The Labute approximate surface area is 121 Å². The van der Waals surface area contributed by atoms with Crippen LogP contribution in [-0.2, 0) is 0 Å². The molecule has 92 valence electrons. The van der Waals surface area contributed by atoms with E-state index < -0.39 is 0 Å². The topological polar surface area (TPSA) is 46.3 Å². The number of nitrogens with two attached hydrogens (primary N) is 1. The number of likely N-dealkylation sites (N-methyl/N-ethyl adjacent to an activating group) is 1. The lowest BCUT2D eigenvalue weighted by atomic mass is 10.1. The molecule has 0 unspecified atom stereocenters. The molecule has 0 aromatic heterocycles. The van der Waals surface area contributed by atoms with Gasteiger partial charge in [0.2, 0.25) is 0 Å². The lowest BCUT2D eigenvalue weighted by Gasteiger charge is -2.21. The first-order chi connectivity index (χ1) is 7.97. The molecule has 0 aliphatic carbocycles. The van der Waals surface area contributed by atoms with Crippen molar-refractivity contribution in [3.8, 4) is 0 Å². The molecule has 5 heteroatoms. The van der Waals surface area contributed by atoms with Crippen molar-refractivity contribution in [2.45, 2.75) is 13.8 Å². The molecule has 0 radical (unpaired) electrons. The Hall–Kier alpha value is -0.690. The van der Waals surface area contributed by atoms with E-state index in [9.17, 15) is 4.79 Å². The monoisotopic (exact) mass is 362 g/mol. The van der Waals surface area contributed by atoms with E-state index in [1.54, 1.807) is 4.90 Å². The summed E-state index contributed by atoms with van der Waals surface area (Å²) in [5.41, 5.74) is 7.30. The molecule has 0 aliphatic rings. The molecule has 1 rings (SSSR count). The van der Waals surface area contributed by atoms with Gasteiger partial charge in [-0.1, -0.05) is 24.4 Å². The summed E-state index contributed by atoms with van der Waals surface area (Å²) in [5, 5.41) is 0. The van der Waals surface area contributed by atoms with Crippen molar-refractivity contribution in [2.75, 3.05) is 13.1 Å². The predicted molar refractivity (Wildman–Crippen MR) is 82.3 cm³/mol. The van der Waals surface area contributed by atoms with Crippen LogP contribution < -0.4 is 5.73 Å². The second-order valence-corrected chi connectivity index (χ2v) is 5.33. The number of benzene rings is 1. The molecule has 1 aromatic rings. The summed E-state index contributed by atoms with van der Waals surface area (Å²) in [4.78, 5) is 14.3. The summed E-state index contributed by atoms with van der Waals surface area (Å²) in [6.45, 7) is 4.83. The van der Waals surface area contributed by atoms with Crippen molar-refractivity contribution in [3.05, 3.63) is 32.9 Å². The average Bonchev–Trinajstić information content (AvgIpc) is 2.28. The van der Waals surface area contributed by atoms with Crippen molar-refractivity contribution in [2.24, 2.45) is 5.73 Å². The van der Waals surface area contributed by atoms with Gasteiger partial charge in [0.05, 0.1) is 17.1 Å². The maximum atomic E-state index is 12.3. The summed E-state index contributed by atoms with van der Waals surface area (Å²) in [6, 6.07) is 5.71. The van der Waals surface area contributed by atoms with Crippen LogP contribution >= 0.6 is 34.8 Å². The molecule has 0 atom stereocenters. The van der Waals surface area contributed by atoms with Crippen molar-refractivity contribution in [1.82, 2.24) is 4.90 Å². The number of aryl methyl sites for hydroxylation is 1. The first-order valence-electron chi connectivity index (χ1n) is 5.30. The van der Waals surface area contributed by atoms with E-state index in [1.807, 2.05) is 32.0 Å². The van der Waals surface area contributed by atoms with Gasteiger partial charge >= 0.3 is 0 Å². The molecule has 0 saturated carbocycles. The minimum Gasteiger partial charge on any atom is -0.392 e. The maximum Gasteiger partial charge on any atom is 0.255 e. The summed E-state index contributed by atoms with van der Waals surface area (Å²) in [5.74, 6) is -0.0200. The first-order valence-corrected chi connectivity index (χ1v) is 6.78. The highest BCUT2D eigenvalue weighted by molar-refractivity contribution is 14.1. The second-order valence-electron chi connectivity index (χ2n) is 3.72. The van der Waals surface area contributed by atoms with Crippen LogP contribution in [0.15, 0.2) is 18.2 Å². The Kier molecular flexibility index (Phi) is 5.32. The van der Waals surface area contributed by atoms with E-state index in [-0.39, 0.29) is 5.91 Å². The predicted octanol–water partition coefficient (Wildman–Crippen LogP) is 2.35. The molecular formula is C12H15IN2OS. The fraction of sp³-hybridized carbons (Fsp3) is 0.333. The van der Waals surface area contributed by atoms with Gasteiger partial charge in [0.25, 0.3) is 5.91 Å². The van der Waals surface area contributed by atoms with Gasteiger partial charge in [-0.25, -0.2) is 0 Å². The zero-order chi connectivity index (χ0) is 13.0. The largest absolute Gasteiger partial charge is 0.392 e. The minimum atomic E-state index is -0.0200. The number of carbonyl (C=O) groups is 1. The van der Waals surface area contributed by atoms with Crippen molar-refractivity contribution in [1.29, 1.82) is 0 Å². The van der Waals surface area contributed by atoms with Crippen molar-refractivity contribution < 1.29 is 4.79 Å². The number of hydrogen-bond donors (Lipinski definition) is 1. The second kappa shape index (κ2) is 6.30. The molecule has 2 N–H and O–H groups in total. The molecule has 1 amide bonds. The van der Waals surface area contributed by atoms with Gasteiger partial charge in [-0.3, -0.25) is 4.79 Å². The third kappa shape index (κ3) is 3.64. The smallest absolute Gasteiger partial charge is 0.255 e. The molecule has 1 aromatic carbocycles. The van der Waals surface area contributed by atoms with Gasteiger partial charge in [0.1, 0.15) is 0 Å². The number of nitrogens with zero attached hydrogens (tertiary/aromatic N) is 1. The maximum absolute atomic E-state index is 12.3. The Morgan fingerprint density at radius 3 is 2.71 bits per heavy atom. The van der Waals surface area contributed by atoms with Crippen LogP contribution in [0.2, 0.25) is 0 Å². The molecule has 3 nitrogen and oxygen atoms in total. The summed E-state index contributed by atoms with van der Waals surface area (Å²) < 4.78 is 0.983. The standard InChI is InChI=1S/C12H15IN2OS/c1-3-15(7-10(14)17)12(16)9-6-4-5-8(2)11(9)13/h4-6H,3,7H2,1-2H3,(H2,14,17). The molecule has 0 fully saturated rings. The molecule has 0 heterocycles. The van der Waals surface area contributed by atoms with Crippen LogP contribution in [0.1, 0.15) is 22.8 Å². The number of halogens is 1. The van der Waals surface area contributed by atoms with Gasteiger partial charge in [-0.05, 0) is 48.1 Å². The van der Waals surface area contributed by atoms with Gasteiger partial charge in [-0.2, -0.15) is 0 Å². The molecule has 17 heavy (non-hydrogen) atoms. The molecule has 0 aliphatic heterocycles. The fourth-order valence-electron chi connectivity index (χ4n) is 1.50. The highest BCUT2D eigenvalue weighted by Crippen LogP contribution is 2.18. The van der Waals surface area contributed by atoms with Crippen LogP contribution in [0.3, 0.4) is 0 Å². The van der Waals surface area contributed by atoms with Crippen molar-refractivity contribution in [3.63, 3.8) is 0 Å². The zero-order valence-electron chi connectivity index (χ0n) is 9.87. The van der Waals surface area contributed by atoms with Crippen LogP contribution in [0, 0.1) is 10.5 Å². The lowest BCUT2D eigenvalue weighted by Crippen LogP contribution is -2.37. The van der Waals surface area contributed by atoms with E-state index in [0.29, 0.717) is 23.6 Å². The van der Waals surface area contributed by atoms with E-state index in [4.69, 9.17) is 18.0 Å². The van der Waals surface area contributed by atoms with Crippen LogP contribution in [0.4, 0.5) is 0 Å². The SMILES string of the molecule is CCN(CC(N)=S)C(=O)c1cccc(C)c1I. The summed E-state index contributed by atoms with van der Waals surface area (Å²) in [6.07, 6.45) is 0. The molecule has 0 saturated heterocycles. The molecular weight excluding hydrogens is 347 g/mol. The van der Waals surface area contributed by atoms with Crippen LogP contribution in [-0.4, -0.2) is 28.9 Å². The fourth-order valence-corrected chi connectivity index (χ4v) is 2.24. The Morgan fingerprint density at radius 1 is 1.53 bits per heavy atom. The first kappa shape index (κ1) is 14.4. The van der Waals surface area contributed by atoms with Crippen molar-refractivity contribution >= 4 is 45.7 Å². The minimum absolute atomic E-state index is 0.0200. The third-order valence-corrected chi connectivity index (χ3v) is 4.00. The van der Waals surface area contributed by atoms with E-state index in [0.717, 1.165) is 9.13 Å². The molecule has 0 spiro atoms. The van der Waals surface area contributed by atoms with Gasteiger partial charge < -0.3 is 10.6 Å². The number of amides is 1. The third-order valence-electron chi connectivity index (χ3n) is 2.44. The number of rotatable bonds is 4. The average molecular weight is 362 g/mol. The zero-order valence-corrected chi connectivity index (χ0v) is 12.8. The van der Waals surface area contributed by atoms with Gasteiger partial charge in [-0.15, -0.1) is 0 Å². The summed E-state index contributed by atoms with van der Waals surface area (Å²) >= 11 is 7.04. The Bertz CT molecular complexity index is 448. The van der Waals surface area contributed by atoms with E-state index in [2.05, 4.69) is 22.6 Å². The number of thiocarbonyl (C=S) groups is 1. The highest BCUT2D eigenvalue weighted by Gasteiger charge is 2.17. The highest BCUT2D eigenvalue weighted by atomic mass is 127. The van der Waals surface area contributed by atoms with Gasteiger partial charge in [0.15, 0.2) is 0 Å². The molecule has 0 bridgehead atoms. The van der Waals surface area contributed by atoms with Gasteiger partial charge in [0, 0.05) is 10.1 Å². The van der Waals surface area contributed by atoms with E-state index in [1.165, 1.54) is 0 Å². The summed E-state index contributed by atoms with van der Waals surface area (Å²) in [7, 11) is 0. The number of hydrogen-bond acceptors (Lipinski definition) is 2. The lowest BCUT2D eigenvalue weighted by molar-refractivity contribution is 0.0786.